The van der Waals surface area contributed by atoms with Gasteiger partial charge in [-0.3, -0.25) is 4.79 Å². The van der Waals surface area contributed by atoms with Crippen molar-refractivity contribution < 1.29 is 26.0 Å². The molecule has 1 saturated heterocycles. The highest BCUT2D eigenvalue weighted by Crippen LogP contribution is 2.24. The highest BCUT2D eigenvalue weighted by molar-refractivity contribution is 7.89. The van der Waals surface area contributed by atoms with Crippen LogP contribution in [0.5, 0.6) is 0 Å². The Hall–Kier alpha value is -2.34. The number of carbonyl (C=O) groups is 1. The fourth-order valence-electron chi connectivity index (χ4n) is 3.45. The van der Waals surface area contributed by atoms with Crippen LogP contribution in [0.4, 0.5) is 4.39 Å². The van der Waals surface area contributed by atoms with Crippen LogP contribution in [0, 0.1) is 11.7 Å². The molecule has 0 unspecified atom stereocenters. The number of carbonyl (C=O) groups excluding carboxylic acids is 1. The van der Waals surface area contributed by atoms with E-state index in [1.54, 1.807) is 12.1 Å². The third-order valence-corrected chi connectivity index (χ3v) is 9.08. The molecule has 174 valence electrons. The van der Waals surface area contributed by atoms with Crippen molar-refractivity contribution in [3.05, 3.63) is 59.9 Å². The lowest BCUT2D eigenvalue weighted by Gasteiger charge is -2.31. The second-order valence-corrected chi connectivity index (χ2v) is 11.9. The van der Waals surface area contributed by atoms with Crippen molar-refractivity contribution in [1.82, 2.24) is 13.9 Å². The van der Waals surface area contributed by atoms with E-state index in [4.69, 9.17) is 0 Å². The van der Waals surface area contributed by atoms with Crippen LogP contribution in [-0.4, -0.2) is 58.5 Å². The third-order valence-electron chi connectivity index (χ3n) is 5.37. The molecule has 2 aromatic rings. The van der Waals surface area contributed by atoms with Gasteiger partial charge >= 0.3 is 0 Å². The van der Waals surface area contributed by atoms with Gasteiger partial charge in [0.15, 0.2) is 0 Å². The van der Waals surface area contributed by atoms with Gasteiger partial charge in [0.25, 0.3) is 0 Å². The van der Waals surface area contributed by atoms with Gasteiger partial charge in [-0.05, 0) is 54.8 Å². The molecule has 8 nitrogen and oxygen atoms in total. The standard InChI is InChI=1S/C21H26FN3O5S2/c1-24(2)31(27,28)19-9-5-16(6-10-19)14-23-21(26)17-4-3-13-25(15-17)32(29,30)20-11-7-18(22)8-12-20/h5-12,17H,3-4,13-15H2,1-2H3,(H,23,26)/t17-/m0/s1. The zero-order valence-corrected chi connectivity index (χ0v) is 19.5. The van der Waals surface area contributed by atoms with Crippen molar-refractivity contribution in [2.24, 2.45) is 5.92 Å². The quantitative estimate of drug-likeness (QED) is 0.647. The van der Waals surface area contributed by atoms with Gasteiger partial charge in [-0.15, -0.1) is 0 Å². The van der Waals surface area contributed by atoms with E-state index in [1.807, 2.05) is 0 Å². The second kappa shape index (κ2) is 9.65. The first kappa shape index (κ1) is 24.3. The maximum atomic E-state index is 13.1. The Labute approximate surface area is 188 Å². The summed E-state index contributed by atoms with van der Waals surface area (Å²) < 4.78 is 65.4. The minimum absolute atomic E-state index is 0.00674. The molecular formula is C21H26FN3O5S2. The van der Waals surface area contributed by atoms with Gasteiger partial charge in [0.05, 0.1) is 15.7 Å². The summed E-state index contributed by atoms with van der Waals surface area (Å²) >= 11 is 0. The normalized spacial score (nSPS) is 17.9. The number of sulfonamides is 2. The molecule has 2 aromatic carbocycles. The lowest BCUT2D eigenvalue weighted by molar-refractivity contribution is -0.126. The highest BCUT2D eigenvalue weighted by atomic mass is 32.2. The van der Waals surface area contributed by atoms with E-state index in [0.717, 1.165) is 22.0 Å². The molecule has 0 bridgehead atoms. The van der Waals surface area contributed by atoms with Gasteiger partial charge < -0.3 is 5.32 Å². The average Bonchev–Trinajstić information content (AvgIpc) is 2.78. The predicted molar refractivity (Wildman–Crippen MR) is 117 cm³/mol. The molecule has 0 spiro atoms. The van der Waals surface area contributed by atoms with Gasteiger partial charge in [0.2, 0.25) is 26.0 Å². The summed E-state index contributed by atoms with van der Waals surface area (Å²) in [5.41, 5.74) is 0.725. The Morgan fingerprint density at radius 1 is 1.03 bits per heavy atom. The molecule has 11 heteroatoms. The van der Waals surface area contributed by atoms with Crippen LogP contribution >= 0.6 is 0 Å². The van der Waals surface area contributed by atoms with Gasteiger partial charge in [-0.1, -0.05) is 12.1 Å². The van der Waals surface area contributed by atoms with Gasteiger partial charge in [-0.25, -0.2) is 25.5 Å². The molecule has 1 amide bonds. The van der Waals surface area contributed by atoms with Crippen LogP contribution in [-0.2, 0) is 31.4 Å². The van der Waals surface area contributed by atoms with Gasteiger partial charge in [0.1, 0.15) is 5.82 Å². The minimum atomic E-state index is -3.81. The van der Waals surface area contributed by atoms with E-state index in [0.29, 0.717) is 19.4 Å². The van der Waals surface area contributed by atoms with E-state index in [-0.39, 0.29) is 28.8 Å². The second-order valence-electron chi connectivity index (χ2n) is 7.81. The van der Waals surface area contributed by atoms with Crippen molar-refractivity contribution in [3.63, 3.8) is 0 Å². The minimum Gasteiger partial charge on any atom is -0.352 e. The first-order valence-corrected chi connectivity index (χ1v) is 12.9. The largest absolute Gasteiger partial charge is 0.352 e. The molecule has 32 heavy (non-hydrogen) atoms. The number of nitrogens with one attached hydrogen (secondary N) is 1. The number of rotatable bonds is 7. The molecule has 1 aliphatic heterocycles. The number of piperidine rings is 1. The monoisotopic (exact) mass is 483 g/mol. The first-order valence-electron chi connectivity index (χ1n) is 10.1. The molecule has 1 fully saturated rings. The molecule has 0 radical (unpaired) electrons. The molecule has 0 aromatic heterocycles. The van der Waals surface area contributed by atoms with Gasteiger partial charge in [0, 0.05) is 33.7 Å². The van der Waals surface area contributed by atoms with E-state index in [2.05, 4.69) is 5.32 Å². The molecule has 1 N–H and O–H groups in total. The summed E-state index contributed by atoms with van der Waals surface area (Å²) in [6, 6.07) is 10.8. The summed E-state index contributed by atoms with van der Waals surface area (Å²) in [7, 11) is -4.43. The summed E-state index contributed by atoms with van der Waals surface area (Å²) in [4.78, 5) is 12.8. The number of amides is 1. The summed E-state index contributed by atoms with van der Waals surface area (Å²) in [6.45, 7) is 0.541. The Kier molecular flexibility index (Phi) is 7.33. The molecule has 1 atom stereocenters. The lowest BCUT2D eigenvalue weighted by Crippen LogP contribution is -2.45. The average molecular weight is 484 g/mol. The molecule has 1 aliphatic rings. The first-order chi connectivity index (χ1) is 15.0. The third kappa shape index (κ3) is 5.34. The zero-order valence-electron chi connectivity index (χ0n) is 17.9. The number of hydrogen-bond acceptors (Lipinski definition) is 5. The van der Waals surface area contributed by atoms with E-state index in [1.165, 1.54) is 42.7 Å². The van der Waals surface area contributed by atoms with E-state index in [9.17, 15) is 26.0 Å². The summed E-state index contributed by atoms with van der Waals surface area (Å²) in [6.07, 6.45) is 1.09. The number of halogens is 1. The molecule has 0 saturated carbocycles. The predicted octanol–water partition coefficient (Wildman–Crippen LogP) is 1.79. The smallest absolute Gasteiger partial charge is 0.243 e. The van der Waals surface area contributed by atoms with Crippen LogP contribution in [0.15, 0.2) is 58.3 Å². The molecular weight excluding hydrogens is 457 g/mol. The Morgan fingerprint density at radius 2 is 1.62 bits per heavy atom. The van der Waals surface area contributed by atoms with Crippen molar-refractivity contribution in [2.75, 3.05) is 27.2 Å². The number of benzene rings is 2. The Bertz CT molecular complexity index is 1160. The van der Waals surface area contributed by atoms with Crippen molar-refractivity contribution in [1.29, 1.82) is 0 Å². The SMILES string of the molecule is CN(C)S(=O)(=O)c1ccc(CNC(=O)[C@H]2CCCN(S(=O)(=O)c3ccc(F)cc3)C2)cc1. The Balaban J connectivity index is 1.61. The fraction of sp³-hybridized carbons (Fsp3) is 0.381. The number of nitrogens with zero attached hydrogens (tertiary/aromatic N) is 2. The summed E-state index contributed by atoms with van der Waals surface area (Å²) in [5, 5.41) is 2.80. The van der Waals surface area contributed by atoms with Crippen molar-refractivity contribution >= 4 is 26.0 Å². The van der Waals surface area contributed by atoms with E-state index >= 15 is 0 Å². The van der Waals surface area contributed by atoms with Crippen LogP contribution in [0.25, 0.3) is 0 Å². The topological polar surface area (TPSA) is 104 Å². The van der Waals surface area contributed by atoms with Crippen LogP contribution < -0.4 is 5.32 Å². The van der Waals surface area contributed by atoms with Crippen LogP contribution in [0.1, 0.15) is 18.4 Å². The highest BCUT2D eigenvalue weighted by Gasteiger charge is 2.33. The van der Waals surface area contributed by atoms with Gasteiger partial charge in [-0.2, -0.15) is 4.31 Å². The number of hydrogen-bond donors (Lipinski definition) is 1. The molecule has 1 heterocycles. The van der Waals surface area contributed by atoms with Crippen molar-refractivity contribution in [3.8, 4) is 0 Å². The zero-order chi connectivity index (χ0) is 23.5. The van der Waals surface area contributed by atoms with Crippen LogP contribution in [0.3, 0.4) is 0 Å². The summed E-state index contributed by atoms with van der Waals surface area (Å²) in [5.74, 6) is -1.30. The Morgan fingerprint density at radius 3 is 2.22 bits per heavy atom. The maximum absolute atomic E-state index is 13.1. The maximum Gasteiger partial charge on any atom is 0.243 e. The fourth-order valence-corrected chi connectivity index (χ4v) is 5.88. The molecule has 3 rings (SSSR count). The van der Waals surface area contributed by atoms with E-state index < -0.39 is 31.8 Å². The molecule has 0 aliphatic carbocycles. The lowest BCUT2D eigenvalue weighted by atomic mass is 9.99. The van der Waals surface area contributed by atoms with Crippen molar-refractivity contribution in [2.45, 2.75) is 29.2 Å². The van der Waals surface area contributed by atoms with Crippen LogP contribution in [0.2, 0.25) is 0 Å².